The minimum absolute atomic E-state index is 0.171. The molecule has 0 spiro atoms. The Kier molecular flexibility index (Phi) is 6.07. The van der Waals surface area contributed by atoms with Gasteiger partial charge in [-0.15, -0.1) is 0 Å². The van der Waals surface area contributed by atoms with Crippen LogP contribution in [-0.2, 0) is 4.79 Å². The second-order valence-corrected chi connectivity index (χ2v) is 7.05. The first-order chi connectivity index (χ1) is 12.5. The molecule has 0 unspecified atom stereocenters. The standard InChI is InChI=1S/C20H21Cl2N3O/c1-15(14-20(26)23-19-5-3-2-4-18(19)22)24-10-12-25(13-11-24)17-8-6-16(21)7-9-17/h2-9,14H,10-13H2,1H3,(H,23,26). The maximum absolute atomic E-state index is 12.2. The number of benzene rings is 2. The van der Waals surface area contributed by atoms with Gasteiger partial charge in [0.2, 0.25) is 5.91 Å². The van der Waals surface area contributed by atoms with Crippen molar-refractivity contribution in [2.75, 3.05) is 36.4 Å². The number of allylic oxidation sites excluding steroid dienone is 1. The van der Waals surface area contributed by atoms with E-state index in [-0.39, 0.29) is 5.91 Å². The number of nitrogens with zero attached hydrogens (tertiary/aromatic N) is 2. The molecule has 26 heavy (non-hydrogen) atoms. The second kappa shape index (κ2) is 8.47. The predicted molar refractivity (Wildman–Crippen MR) is 109 cm³/mol. The van der Waals surface area contributed by atoms with E-state index < -0.39 is 0 Å². The number of amides is 1. The van der Waals surface area contributed by atoms with Crippen LogP contribution in [0.15, 0.2) is 60.3 Å². The number of piperazine rings is 1. The lowest BCUT2D eigenvalue weighted by atomic mass is 10.2. The molecule has 0 atom stereocenters. The maximum Gasteiger partial charge on any atom is 0.250 e. The van der Waals surface area contributed by atoms with Crippen molar-refractivity contribution in [3.05, 3.63) is 70.3 Å². The Hall–Kier alpha value is -2.17. The van der Waals surface area contributed by atoms with E-state index >= 15 is 0 Å². The molecule has 1 fully saturated rings. The lowest BCUT2D eigenvalue weighted by Gasteiger charge is -2.37. The van der Waals surface area contributed by atoms with Gasteiger partial charge in [-0.05, 0) is 43.3 Å². The van der Waals surface area contributed by atoms with E-state index in [0.29, 0.717) is 10.7 Å². The van der Waals surface area contributed by atoms with E-state index in [1.807, 2.05) is 43.3 Å². The molecule has 1 amide bonds. The van der Waals surface area contributed by atoms with Crippen LogP contribution in [0, 0.1) is 0 Å². The molecule has 1 N–H and O–H groups in total. The highest BCUT2D eigenvalue weighted by Crippen LogP contribution is 2.22. The Morgan fingerprint density at radius 1 is 1.00 bits per heavy atom. The van der Waals surface area contributed by atoms with Crippen LogP contribution in [0.25, 0.3) is 0 Å². The Morgan fingerprint density at radius 3 is 2.31 bits per heavy atom. The van der Waals surface area contributed by atoms with Crippen molar-refractivity contribution >= 4 is 40.5 Å². The summed E-state index contributed by atoms with van der Waals surface area (Å²) in [6.45, 7) is 5.50. The second-order valence-electron chi connectivity index (χ2n) is 6.21. The van der Waals surface area contributed by atoms with Crippen molar-refractivity contribution in [1.29, 1.82) is 0 Å². The average Bonchev–Trinajstić information content (AvgIpc) is 2.64. The molecule has 0 aliphatic carbocycles. The summed E-state index contributed by atoms with van der Waals surface area (Å²) in [4.78, 5) is 16.8. The number of halogens is 2. The molecule has 2 aromatic rings. The third-order valence-corrected chi connectivity index (χ3v) is 5.02. The first-order valence-electron chi connectivity index (χ1n) is 8.52. The van der Waals surface area contributed by atoms with Crippen molar-refractivity contribution in [3.63, 3.8) is 0 Å². The summed E-state index contributed by atoms with van der Waals surface area (Å²) in [6.07, 6.45) is 1.63. The molecule has 136 valence electrons. The summed E-state index contributed by atoms with van der Waals surface area (Å²) < 4.78 is 0. The van der Waals surface area contributed by atoms with Crippen LogP contribution in [0.4, 0.5) is 11.4 Å². The lowest BCUT2D eigenvalue weighted by molar-refractivity contribution is -0.112. The quantitative estimate of drug-likeness (QED) is 0.772. The Bertz CT molecular complexity index is 797. The van der Waals surface area contributed by atoms with Crippen molar-refractivity contribution < 1.29 is 4.79 Å². The van der Waals surface area contributed by atoms with Crippen molar-refractivity contribution in [1.82, 2.24) is 4.90 Å². The first-order valence-corrected chi connectivity index (χ1v) is 9.28. The third kappa shape index (κ3) is 4.71. The van der Waals surface area contributed by atoms with Crippen LogP contribution in [0.1, 0.15) is 6.92 Å². The maximum atomic E-state index is 12.2. The van der Waals surface area contributed by atoms with Crippen molar-refractivity contribution in [3.8, 4) is 0 Å². The highest BCUT2D eigenvalue weighted by molar-refractivity contribution is 6.33. The van der Waals surface area contributed by atoms with Gasteiger partial charge in [0.15, 0.2) is 0 Å². The van der Waals surface area contributed by atoms with E-state index in [1.54, 1.807) is 18.2 Å². The number of anilines is 2. The molecule has 0 radical (unpaired) electrons. The summed E-state index contributed by atoms with van der Waals surface area (Å²) in [5, 5.41) is 4.10. The smallest absolute Gasteiger partial charge is 0.250 e. The fourth-order valence-corrected chi connectivity index (χ4v) is 3.29. The van der Waals surface area contributed by atoms with Crippen molar-refractivity contribution in [2.45, 2.75) is 6.92 Å². The molecule has 2 aromatic carbocycles. The topological polar surface area (TPSA) is 35.6 Å². The van der Waals surface area contributed by atoms with Crippen LogP contribution >= 0.6 is 23.2 Å². The zero-order valence-corrected chi connectivity index (χ0v) is 16.1. The zero-order valence-electron chi connectivity index (χ0n) is 14.6. The summed E-state index contributed by atoms with van der Waals surface area (Å²) in [7, 11) is 0. The normalized spacial score (nSPS) is 15.1. The highest BCUT2D eigenvalue weighted by atomic mass is 35.5. The number of hydrogen-bond donors (Lipinski definition) is 1. The van der Waals surface area contributed by atoms with E-state index in [0.717, 1.165) is 36.9 Å². The molecule has 0 saturated carbocycles. The number of carbonyl (C=O) groups is 1. The predicted octanol–water partition coefficient (Wildman–Crippen LogP) is 4.66. The van der Waals surface area contributed by atoms with Crippen molar-refractivity contribution in [2.24, 2.45) is 0 Å². The first kappa shape index (κ1) is 18.6. The summed E-state index contributed by atoms with van der Waals surface area (Å²) >= 11 is 12.0. The summed E-state index contributed by atoms with van der Waals surface area (Å²) in [5.41, 5.74) is 2.74. The molecule has 1 heterocycles. The molecule has 1 aliphatic rings. The van der Waals surface area contributed by atoms with Gasteiger partial charge >= 0.3 is 0 Å². The molecule has 1 saturated heterocycles. The van der Waals surface area contributed by atoms with Gasteiger partial charge in [-0.25, -0.2) is 0 Å². The molecule has 4 nitrogen and oxygen atoms in total. The number of rotatable bonds is 4. The molecular formula is C20H21Cl2N3O. The van der Waals surface area contributed by atoms with Gasteiger partial charge in [0, 0.05) is 48.7 Å². The van der Waals surface area contributed by atoms with Crippen LogP contribution in [-0.4, -0.2) is 37.0 Å². The van der Waals surface area contributed by atoms with Gasteiger partial charge in [0.05, 0.1) is 10.7 Å². The van der Waals surface area contributed by atoms with Gasteiger partial charge < -0.3 is 15.1 Å². The average molecular weight is 390 g/mol. The Morgan fingerprint density at radius 2 is 1.65 bits per heavy atom. The van der Waals surface area contributed by atoms with E-state index in [1.165, 1.54) is 5.69 Å². The van der Waals surface area contributed by atoms with Gasteiger partial charge in [-0.1, -0.05) is 35.3 Å². The largest absolute Gasteiger partial charge is 0.371 e. The number of nitrogens with one attached hydrogen (secondary N) is 1. The van der Waals surface area contributed by atoms with E-state index in [9.17, 15) is 4.79 Å². The number of para-hydroxylation sites is 1. The van der Waals surface area contributed by atoms with Crippen LogP contribution in [0.5, 0.6) is 0 Å². The van der Waals surface area contributed by atoms with Crippen LogP contribution in [0.3, 0.4) is 0 Å². The molecule has 3 rings (SSSR count). The fourth-order valence-electron chi connectivity index (χ4n) is 2.98. The van der Waals surface area contributed by atoms with Gasteiger partial charge in [-0.3, -0.25) is 4.79 Å². The minimum atomic E-state index is -0.171. The lowest BCUT2D eigenvalue weighted by Crippen LogP contribution is -2.45. The molecule has 1 aliphatic heterocycles. The summed E-state index contributed by atoms with van der Waals surface area (Å²) in [6, 6.07) is 15.1. The summed E-state index contributed by atoms with van der Waals surface area (Å²) in [5.74, 6) is -0.171. The molecule has 0 bridgehead atoms. The fraction of sp³-hybridized carbons (Fsp3) is 0.250. The zero-order chi connectivity index (χ0) is 18.5. The van der Waals surface area contributed by atoms with Crippen LogP contribution < -0.4 is 10.2 Å². The van der Waals surface area contributed by atoms with Crippen LogP contribution in [0.2, 0.25) is 10.0 Å². The molecule has 0 aromatic heterocycles. The number of carbonyl (C=O) groups excluding carboxylic acids is 1. The molecule has 6 heteroatoms. The van der Waals surface area contributed by atoms with Gasteiger partial charge in [0.1, 0.15) is 0 Å². The number of hydrogen-bond acceptors (Lipinski definition) is 3. The monoisotopic (exact) mass is 389 g/mol. The third-order valence-electron chi connectivity index (χ3n) is 4.44. The van der Waals surface area contributed by atoms with E-state index in [4.69, 9.17) is 23.2 Å². The van der Waals surface area contributed by atoms with E-state index in [2.05, 4.69) is 15.1 Å². The Balaban J connectivity index is 1.56. The molecular weight excluding hydrogens is 369 g/mol. The van der Waals surface area contributed by atoms with Gasteiger partial charge in [-0.2, -0.15) is 0 Å². The highest BCUT2D eigenvalue weighted by Gasteiger charge is 2.18. The van der Waals surface area contributed by atoms with Gasteiger partial charge in [0.25, 0.3) is 0 Å². The minimum Gasteiger partial charge on any atom is -0.371 e. The SMILES string of the molecule is CC(=CC(=O)Nc1ccccc1Cl)N1CCN(c2ccc(Cl)cc2)CC1. The Labute approximate surface area is 164 Å².